The van der Waals surface area contributed by atoms with Crippen LogP contribution in [0.25, 0.3) is 11.3 Å². The van der Waals surface area contributed by atoms with E-state index >= 15 is 0 Å². The summed E-state index contributed by atoms with van der Waals surface area (Å²) in [7, 11) is 2.04. The van der Waals surface area contributed by atoms with Gasteiger partial charge in [-0.25, -0.2) is 14.4 Å². The van der Waals surface area contributed by atoms with Crippen molar-refractivity contribution in [3.05, 3.63) is 53.8 Å². The van der Waals surface area contributed by atoms with Gasteiger partial charge < -0.3 is 9.88 Å². The molecule has 3 aromatic heterocycles. The Labute approximate surface area is 182 Å². The Hall–Kier alpha value is -2.54. The molecule has 6 nitrogen and oxygen atoms in total. The maximum atomic E-state index is 14.7. The van der Waals surface area contributed by atoms with Crippen LogP contribution >= 0.6 is 0 Å². The highest BCUT2D eigenvalue weighted by atomic mass is 19.1. The molecular formula is C24H31FN6. The fourth-order valence-electron chi connectivity index (χ4n) is 4.78. The van der Waals surface area contributed by atoms with E-state index in [2.05, 4.69) is 25.1 Å². The minimum Gasteiger partial charge on any atom is -0.354 e. The molecule has 2 N–H and O–H groups in total. The molecule has 3 aromatic rings. The first-order valence-electron chi connectivity index (χ1n) is 11.5. The van der Waals surface area contributed by atoms with Gasteiger partial charge in [-0.15, -0.1) is 0 Å². The second kappa shape index (κ2) is 8.91. The van der Waals surface area contributed by atoms with Crippen molar-refractivity contribution < 1.29 is 4.39 Å². The number of hydrogen-bond donors (Lipinski definition) is 2. The van der Waals surface area contributed by atoms with E-state index in [1.165, 1.54) is 30.3 Å². The molecular weight excluding hydrogens is 391 g/mol. The number of aromatic amines is 1. The molecule has 5 rings (SSSR count). The SMILES string of the molecule is Cn1ccc(-c2nc(CC3CCC(NCc4cn[nH]c4)CC3)ncc2F)c1CC1CC1. The molecule has 3 heterocycles. The van der Waals surface area contributed by atoms with Crippen LogP contribution < -0.4 is 5.32 Å². The quantitative estimate of drug-likeness (QED) is 0.571. The predicted molar refractivity (Wildman–Crippen MR) is 118 cm³/mol. The van der Waals surface area contributed by atoms with Crippen molar-refractivity contribution in [2.75, 3.05) is 0 Å². The molecule has 2 fully saturated rings. The van der Waals surface area contributed by atoms with Crippen LogP contribution in [0.2, 0.25) is 0 Å². The number of aryl methyl sites for hydroxylation is 1. The van der Waals surface area contributed by atoms with Gasteiger partial charge in [0.25, 0.3) is 0 Å². The van der Waals surface area contributed by atoms with Crippen LogP contribution in [0.4, 0.5) is 4.39 Å². The van der Waals surface area contributed by atoms with Gasteiger partial charge in [-0.05, 0) is 62.8 Å². The fraction of sp³-hybridized carbons (Fsp3) is 0.542. The van der Waals surface area contributed by atoms with E-state index in [9.17, 15) is 4.39 Å². The number of H-pyrrole nitrogens is 1. The molecule has 31 heavy (non-hydrogen) atoms. The first-order chi connectivity index (χ1) is 15.2. The zero-order valence-corrected chi connectivity index (χ0v) is 18.1. The van der Waals surface area contributed by atoms with E-state index in [1.807, 2.05) is 31.7 Å². The first kappa shape index (κ1) is 20.4. The van der Waals surface area contributed by atoms with Gasteiger partial charge in [0.2, 0.25) is 0 Å². The molecule has 0 radical (unpaired) electrons. The molecule has 0 spiro atoms. The number of halogens is 1. The number of rotatable bonds is 8. The topological polar surface area (TPSA) is 71.4 Å². The van der Waals surface area contributed by atoms with E-state index in [4.69, 9.17) is 4.98 Å². The van der Waals surface area contributed by atoms with Gasteiger partial charge in [0, 0.05) is 55.3 Å². The zero-order valence-electron chi connectivity index (χ0n) is 18.1. The fourth-order valence-corrected chi connectivity index (χ4v) is 4.78. The van der Waals surface area contributed by atoms with E-state index in [0.717, 1.165) is 62.4 Å². The summed E-state index contributed by atoms with van der Waals surface area (Å²) in [6.45, 7) is 0.858. The van der Waals surface area contributed by atoms with Gasteiger partial charge in [-0.1, -0.05) is 0 Å². The van der Waals surface area contributed by atoms with Crippen LogP contribution in [0, 0.1) is 17.7 Å². The summed E-state index contributed by atoms with van der Waals surface area (Å²) in [6, 6.07) is 2.55. The van der Waals surface area contributed by atoms with Gasteiger partial charge in [-0.2, -0.15) is 5.10 Å². The summed E-state index contributed by atoms with van der Waals surface area (Å²) in [4.78, 5) is 9.04. The summed E-state index contributed by atoms with van der Waals surface area (Å²) >= 11 is 0. The van der Waals surface area contributed by atoms with Gasteiger partial charge in [0.1, 0.15) is 11.5 Å². The van der Waals surface area contributed by atoms with Crippen molar-refractivity contribution in [3.8, 4) is 11.3 Å². The number of hydrogen-bond acceptors (Lipinski definition) is 4. The summed E-state index contributed by atoms with van der Waals surface area (Å²) in [5, 5.41) is 10.5. The van der Waals surface area contributed by atoms with Crippen molar-refractivity contribution in [3.63, 3.8) is 0 Å². The Morgan fingerprint density at radius 3 is 2.61 bits per heavy atom. The molecule has 2 aliphatic rings. The molecule has 2 saturated carbocycles. The van der Waals surface area contributed by atoms with Crippen molar-refractivity contribution >= 4 is 0 Å². The average Bonchev–Trinajstić information content (AvgIpc) is 3.31. The molecule has 0 unspecified atom stereocenters. The van der Waals surface area contributed by atoms with E-state index in [1.54, 1.807) is 0 Å². The van der Waals surface area contributed by atoms with Gasteiger partial charge in [-0.3, -0.25) is 5.10 Å². The third-order valence-corrected chi connectivity index (χ3v) is 6.90. The van der Waals surface area contributed by atoms with Crippen LogP contribution in [-0.4, -0.2) is 30.8 Å². The minimum absolute atomic E-state index is 0.320. The lowest BCUT2D eigenvalue weighted by Crippen LogP contribution is -2.33. The standard InChI is InChI=1S/C24H31FN6/c1-31-9-8-20(22(31)10-16-2-3-16)24-21(25)15-27-23(30-24)11-17-4-6-19(7-5-17)26-12-18-13-28-29-14-18/h8-9,13-17,19,26H,2-7,10-12H2,1H3,(H,28,29). The van der Waals surface area contributed by atoms with Gasteiger partial charge in [0.05, 0.1) is 12.4 Å². The lowest BCUT2D eigenvalue weighted by Gasteiger charge is -2.28. The zero-order chi connectivity index (χ0) is 21.2. The Morgan fingerprint density at radius 2 is 1.87 bits per heavy atom. The lowest BCUT2D eigenvalue weighted by molar-refractivity contribution is 0.286. The highest BCUT2D eigenvalue weighted by Crippen LogP contribution is 2.36. The largest absolute Gasteiger partial charge is 0.354 e. The Kier molecular flexibility index (Phi) is 5.85. The van der Waals surface area contributed by atoms with Crippen molar-refractivity contribution in [1.29, 1.82) is 0 Å². The van der Waals surface area contributed by atoms with E-state index in [-0.39, 0.29) is 5.82 Å². The normalized spacial score (nSPS) is 21.5. The maximum absolute atomic E-state index is 14.7. The third-order valence-electron chi connectivity index (χ3n) is 6.90. The minimum atomic E-state index is -0.320. The second-order valence-electron chi connectivity index (χ2n) is 9.33. The maximum Gasteiger partial charge on any atom is 0.167 e. The lowest BCUT2D eigenvalue weighted by atomic mass is 9.84. The van der Waals surface area contributed by atoms with Crippen molar-refractivity contribution in [2.24, 2.45) is 18.9 Å². The molecule has 0 amide bonds. The van der Waals surface area contributed by atoms with E-state index < -0.39 is 0 Å². The molecule has 164 valence electrons. The second-order valence-corrected chi connectivity index (χ2v) is 9.33. The van der Waals surface area contributed by atoms with Crippen LogP contribution in [0.1, 0.15) is 55.6 Å². The van der Waals surface area contributed by atoms with Crippen LogP contribution in [-0.2, 0) is 26.4 Å². The highest BCUT2D eigenvalue weighted by Gasteiger charge is 2.26. The smallest absolute Gasteiger partial charge is 0.167 e. The van der Waals surface area contributed by atoms with Gasteiger partial charge in [0.15, 0.2) is 5.82 Å². The first-order valence-corrected chi connectivity index (χ1v) is 11.5. The highest BCUT2D eigenvalue weighted by molar-refractivity contribution is 5.63. The van der Waals surface area contributed by atoms with Gasteiger partial charge >= 0.3 is 0 Å². The summed E-state index contributed by atoms with van der Waals surface area (Å²) in [5.74, 6) is 1.76. The number of nitrogens with zero attached hydrogens (tertiary/aromatic N) is 4. The van der Waals surface area contributed by atoms with Crippen LogP contribution in [0.5, 0.6) is 0 Å². The Bertz CT molecular complexity index is 999. The molecule has 0 aromatic carbocycles. The number of nitrogens with one attached hydrogen (secondary N) is 2. The molecule has 0 bridgehead atoms. The summed E-state index contributed by atoms with van der Waals surface area (Å²) in [5.41, 5.74) is 3.78. The molecule has 2 aliphatic carbocycles. The monoisotopic (exact) mass is 422 g/mol. The van der Waals surface area contributed by atoms with E-state index in [0.29, 0.717) is 17.7 Å². The Morgan fingerprint density at radius 1 is 1.10 bits per heavy atom. The molecule has 0 atom stereocenters. The van der Waals surface area contributed by atoms with Crippen LogP contribution in [0.3, 0.4) is 0 Å². The molecule has 7 heteroatoms. The summed E-state index contributed by atoms with van der Waals surface area (Å²) < 4.78 is 16.8. The Balaban J connectivity index is 1.21. The van der Waals surface area contributed by atoms with Crippen LogP contribution in [0.15, 0.2) is 30.9 Å². The third kappa shape index (κ3) is 4.87. The predicted octanol–water partition coefficient (Wildman–Crippen LogP) is 4.19. The van der Waals surface area contributed by atoms with Crippen molar-refractivity contribution in [1.82, 2.24) is 30.0 Å². The average molecular weight is 423 g/mol. The molecule has 0 saturated heterocycles. The van der Waals surface area contributed by atoms with Crippen molar-refractivity contribution in [2.45, 2.75) is 64.0 Å². The molecule has 0 aliphatic heterocycles. The summed E-state index contributed by atoms with van der Waals surface area (Å²) in [6.07, 6.45) is 16.2. The number of aromatic nitrogens is 5.